The van der Waals surface area contributed by atoms with Gasteiger partial charge >= 0.3 is 0 Å². The first-order chi connectivity index (χ1) is 10.9. The van der Waals surface area contributed by atoms with Crippen LogP contribution in [-0.2, 0) is 13.2 Å². The lowest BCUT2D eigenvalue weighted by Gasteiger charge is -2.24. The van der Waals surface area contributed by atoms with Crippen LogP contribution in [0, 0.1) is 0 Å². The number of rotatable bonds is 7. The Bertz CT molecular complexity index is 656. The SMILES string of the molecule is CCC(C)(C)NCc1cccc(OCc2ccc(Cl)c(Cl)c2)c1. The van der Waals surface area contributed by atoms with Crippen LogP contribution in [0.1, 0.15) is 38.3 Å². The first-order valence-corrected chi connectivity index (χ1v) is 8.56. The predicted octanol–water partition coefficient (Wildman–Crippen LogP) is 5.85. The van der Waals surface area contributed by atoms with Crippen molar-refractivity contribution in [3.05, 3.63) is 63.6 Å². The maximum atomic E-state index is 6.02. The highest BCUT2D eigenvalue weighted by atomic mass is 35.5. The molecule has 0 aliphatic rings. The zero-order valence-electron chi connectivity index (χ0n) is 13.8. The molecule has 0 unspecified atom stereocenters. The summed E-state index contributed by atoms with van der Waals surface area (Å²) in [6.45, 7) is 7.89. The molecule has 0 bridgehead atoms. The Hall–Kier alpha value is -1.22. The number of hydrogen-bond acceptors (Lipinski definition) is 2. The summed E-state index contributed by atoms with van der Waals surface area (Å²) in [6, 6.07) is 13.7. The molecule has 2 nitrogen and oxygen atoms in total. The van der Waals surface area contributed by atoms with Crippen molar-refractivity contribution in [2.45, 2.75) is 45.9 Å². The molecular weight excluding hydrogens is 329 g/mol. The molecule has 0 aliphatic heterocycles. The minimum atomic E-state index is 0.136. The molecule has 2 rings (SSSR count). The average molecular weight is 352 g/mol. The molecule has 23 heavy (non-hydrogen) atoms. The number of nitrogens with one attached hydrogen (secondary N) is 1. The van der Waals surface area contributed by atoms with Gasteiger partial charge in [0.15, 0.2) is 0 Å². The van der Waals surface area contributed by atoms with Crippen LogP contribution in [0.4, 0.5) is 0 Å². The smallest absolute Gasteiger partial charge is 0.120 e. The van der Waals surface area contributed by atoms with Crippen LogP contribution in [0.2, 0.25) is 10.0 Å². The van der Waals surface area contributed by atoms with E-state index >= 15 is 0 Å². The lowest BCUT2D eigenvalue weighted by Crippen LogP contribution is -2.37. The summed E-state index contributed by atoms with van der Waals surface area (Å²) >= 11 is 11.9. The molecule has 0 amide bonds. The van der Waals surface area contributed by atoms with Crippen molar-refractivity contribution in [3.63, 3.8) is 0 Å². The fourth-order valence-corrected chi connectivity index (χ4v) is 2.33. The highest BCUT2D eigenvalue weighted by Gasteiger charge is 2.13. The van der Waals surface area contributed by atoms with Gasteiger partial charge in [-0.25, -0.2) is 0 Å². The van der Waals surface area contributed by atoms with Crippen LogP contribution in [-0.4, -0.2) is 5.54 Å². The third kappa shape index (κ3) is 5.72. The van der Waals surface area contributed by atoms with E-state index in [1.54, 1.807) is 6.07 Å². The molecule has 0 heterocycles. The third-order valence-corrected chi connectivity index (χ3v) is 4.68. The van der Waals surface area contributed by atoms with Crippen LogP contribution >= 0.6 is 23.2 Å². The zero-order chi connectivity index (χ0) is 16.9. The van der Waals surface area contributed by atoms with E-state index < -0.39 is 0 Å². The van der Waals surface area contributed by atoms with Crippen molar-refractivity contribution < 1.29 is 4.74 Å². The molecule has 0 saturated heterocycles. The van der Waals surface area contributed by atoms with E-state index in [0.29, 0.717) is 16.7 Å². The van der Waals surface area contributed by atoms with Gasteiger partial charge < -0.3 is 10.1 Å². The van der Waals surface area contributed by atoms with Crippen molar-refractivity contribution >= 4 is 23.2 Å². The zero-order valence-corrected chi connectivity index (χ0v) is 15.3. The number of benzene rings is 2. The maximum Gasteiger partial charge on any atom is 0.120 e. The van der Waals surface area contributed by atoms with E-state index in [-0.39, 0.29) is 5.54 Å². The molecule has 0 atom stereocenters. The minimum absolute atomic E-state index is 0.136. The first-order valence-electron chi connectivity index (χ1n) is 7.80. The minimum Gasteiger partial charge on any atom is -0.489 e. The second-order valence-electron chi connectivity index (χ2n) is 6.28. The summed E-state index contributed by atoms with van der Waals surface area (Å²) in [5, 5.41) is 4.66. The molecule has 0 fully saturated rings. The van der Waals surface area contributed by atoms with Crippen molar-refractivity contribution in [2.24, 2.45) is 0 Å². The van der Waals surface area contributed by atoms with Crippen molar-refractivity contribution in [1.29, 1.82) is 0 Å². The summed E-state index contributed by atoms with van der Waals surface area (Å²) in [7, 11) is 0. The molecule has 4 heteroatoms. The largest absolute Gasteiger partial charge is 0.489 e. The number of halogens is 2. The highest BCUT2D eigenvalue weighted by Crippen LogP contribution is 2.23. The molecule has 0 saturated carbocycles. The highest BCUT2D eigenvalue weighted by molar-refractivity contribution is 6.42. The second kappa shape index (κ2) is 8.05. The molecule has 124 valence electrons. The van der Waals surface area contributed by atoms with Crippen LogP contribution < -0.4 is 10.1 Å². The predicted molar refractivity (Wildman–Crippen MR) is 98.4 cm³/mol. The van der Waals surface area contributed by atoms with E-state index in [4.69, 9.17) is 27.9 Å². The van der Waals surface area contributed by atoms with Gasteiger partial charge in [0.05, 0.1) is 10.0 Å². The Morgan fingerprint density at radius 2 is 1.78 bits per heavy atom. The number of ether oxygens (including phenoxy) is 1. The van der Waals surface area contributed by atoms with Crippen molar-refractivity contribution in [3.8, 4) is 5.75 Å². The lowest BCUT2D eigenvalue weighted by molar-refractivity contribution is 0.305. The van der Waals surface area contributed by atoms with Gasteiger partial charge in [-0.05, 0) is 55.7 Å². The van der Waals surface area contributed by atoms with Gasteiger partial charge in [0.1, 0.15) is 12.4 Å². The van der Waals surface area contributed by atoms with E-state index in [0.717, 1.165) is 24.3 Å². The van der Waals surface area contributed by atoms with Crippen LogP contribution in [0.15, 0.2) is 42.5 Å². The van der Waals surface area contributed by atoms with Gasteiger partial charge in [-0.15, -0.1) is 0 Å². The fourth-order valence-electron chi connectivity index (χ4n) is 2.01. The van der Waals surface area contributed by atoms with Gasteiger partial charge in [-0.1, -0.05) is 48.3 Å². The van der Waals surface area contributed by atoms with Gasteiger partial charge in [0.2, 0.25) is 0 Å². The molecule has 0 spiro atoms. The average Bonchev–Trinajstić information content (AvgIpc) is 2.55. The molecule has 0 radical (unpaired) electrons. The summed E-state index contributed by atoms with van der Waals surface area (Å²) in [4.78, 5) is 0. The Labute approximate surface area is 148 Å². The Balaban J connectivity index is 1.95. The Morgan fingerprint density at radius 3 is 2.48 bits per heavy atom. The standard InChI is InChI=1S/C19H23Cl2NO/c1-4-19(2,3)22-12-14-6-5-7-16(10-14)23-13-15-8-9-17(20)18(21)11-15/h5-11,22H,4,12-13H2,1-3H3. The van der Waals surface area contributed by atoms with Crippen LogP contribution in [0.3, 0.4) is 0 Å². The molecule has 2 aromatic carbocycles. The monoisotopic (exact) mass is 351 g/mol. The van der Waals surface area contributed by atoms with Gasteiger partial charge in [0, 0.05) is 12.1 Å². The number of hydrogen-bond donors (Lipinski definition) is 1. The van der Waals surface area contributed by atoms with Crippen LogP contribution in [0.5, 0.6) is 5.75 Å². The summed E-state index contributed by atoms with van der Waals surface area (Å²) in [6.07, 6.45) is 1.08. The quantitative estimate of drug-likeness (QED) is 0.675. The van der Waals surface area contributed by atoms with E-state index in [1.807, 2.05) is 24.3 Å². The topological polar surface area (TPSA) is 21.3 Å². The van der Waals surface area contributed by atoms with Gasteiger partial charge in [0.25, 0.3) is 0 Å². The Kier molecular flexibility index (Phi) is 6.34. The van der Waals surface area contributed by atoms with E-state index in [2.05, 4.69) is 38.2 Å². The van der Waals surface area contributed by atoms with Gasteiger partial charge in [-0.3, -0.25) is 0 Å². The summed E-state index contributed by atoms with van der Waals surface area (Å²) in [5.41, 5.74) is 2.34. The first kappa shape index (κ1) is 18.1. The van der Waals surface area contributed by atoms with Crippen LogP contribution in [0.25, 0.3) is 0 Å². The fraction of sp³-hybridized carbons (Fsp3) is 0.368. The molecule has 0 aliphatic carbocycles. The molecule has 1 N–H and O–H groups in total. The van der Waals surface area contributed by atoms with E-state index in [9.17, 15) is 0 Å². The summed E-state index contributed by atoms with van der Waals surface area (Å²) in [5.74, 6) is 0.852. The molecule has 2 aromatic rings. The van der Waals surface area contributed by atoms with Crippen molar-refractivity contribution in [2.75, 3.05) is 0 Å². The second-order valence-corrected chi connectivity index (χ2v) is 7.09. The van der Waals surface area contributed by atoms with E-state index in [1.165, 1.54) is 5.56 Å². The summed E-state index contributed by atoms with van der Waals surface area (Å²) < 4.78 is 5.86. The van der Waals surface area contributed by atoms with Crippen molar-refractivity contribution in [1.82, 2.24) is 5.32 Å². The Morgan fingerprint density at radius 1 is 1.00 bits per heavy atom. The third-order valence-electron chi connectivity index (χ3n) is 3.94. The van der Waals surface area contributed by atoms with Gasteiger partial charge in [-0.2, -0.15) is 0 Å². The molecule has 0 aromatic heterocycles. The maximum absolute atomic E-state index is 6.02. The lowest BCUT2D eigenvalue weighted by atomic mass is 10.0. The normalized spacial score (nSPS) is 11.5. The molecular formula is C19H23Cl2NO.